The van der Waals surface area contributed by atoms with Crippen LogP contribution in [0, 0.1) is 0 Å². The summed E-state index contributed by atoms with van der Waals surface area (Å²) < 4.78 is 6.66. The van der Waals surface area contributed by atoms with Crippen molar-refractivity contribution in [3.05, 3.63) is 35.9 Å². The van der Waals surface area contributed by atoms with E-state index in [0.717, 1.165) is 12.8 Å². The first kappa shape index (κ1) is 18.3. The number of nitrogens with one attached hydrogen (secondary N) is 1. The minimum atomic E-state index is -0.361. The van der Waals surface area contributed by atoms with Crippen LogP contribution in [0.3, 0.4) is 0 Å². The molecule has 2 fully saturated rings. The average molecular weight is 385 g/mol. The fourth-order valence-electron chi connectivity index (χ4n) is 3.29. The Morgan fingerprint density at radius 3 is 2.54 bits per heavy atom. The topological polar surface area (TPSA) is 96.2 Å². The van der Waals surface area contributed by atoms with E-state index in [4.69, 9.17) is 4.74 Å². The molecule has 1 aliphatic carbocycles. The molecule has 3 amide bonds. The molecule has 0 spiro atoms. The summed E-state index contributed by atoms with van der Waals surface area (Å²) in [6.07, 6.45) is 3.33. The zero-order chi connectivity index (χ0) is 19.7. The van der Waals surface area contributed by atoms with Gasteiger partial charge in [-0.1, -0.05) is 6.07 Å². The first-order valence-electron chi connectivity index (χ1n) is 9.57. The van der Waals surface area contributed by atoms with E-state index in [-0.39, 0.29) is 35.5 Å². The number of aromatic nitrogens is 2. The Morgan fingerprint density at radius 1 is 1.14 bits per heavy atom. The zero-order valence-electron chi connectivity index (χ0n) is 15.8. The number of carbonyl (C=O) groups is 3. The second kappa shape index (κ2) is 7.49. The fraction of sp³-hybridized carbons (Fsp3) is 0.474. The van der Waals surface area contributed by atoms with Gasteiger partial charge in [-0.2, -0.15) is 0 Å². The van der Waals surface area contributed by atoms with Crippen LogP contribution in [0.15, 0.2) is 24.4 Å². The number of ether oxygens (including phenoxy) is 1. The number of piperazine rings is 1. The van der Waals surface area contributed by atoms with Crippen LogP contribution in [0.25, 0.3) is 5.52 Å². The van der Waals surface area contributed by atoms with Crippen LogP contribution in [-0.2, 0) is 4.74 Å². The Bertz CT molecular complexity index is 912. The largest absolute Gasteiger partial charge is 0.450 e. The van der Waals surface area contributed by atoms with Gasteiger partial charge < -0.3 is 19.9 Å². The summed E-state index contributed by atoms with van der Waals surface area (Å²) in [5.41, 5.74) is 0.871. The summed E-state index contributed by atoms with van der Waals surface area (Å²) in [7, 11) is 0. The van der Waals surface area contributed by atoms with Crippen LogP contribution in [0.5, 0.6) is 0 Å². The Labute approximate surface area is 162 Å². The van der Waals surface area contributed by atoms with E-state index < -0.39 is 0 Å². The van der Waals surface area contributed by atoms with Crippen LogP contribution in [0.2, 0.25) is 0 Å². The maximum atomic E-state index is 13.1. The lowest BCUT2D eigenvalue weighted by Gasteiger charge is -2.33. The van der Waals surface area contributed by atoms with Gasteiger partial charge in [-0.05, 0) is 31.9 Å². The lowest BCUT2D eigenvalue weighted by molar-refractivity contribution is 0.0560. The SMILES string of the molecule is CCOC(=O)N1CCN(C(=O)c2nc(C(=O)NC3CC3)c3ccccn23)CC1. The molecule has 2 aromatic heterocycles. The Hall–Kier alpha value is -3.10. The van der Waals surface area contributed by atoms with E-state index >= 15 is 0 Å². The van der Waals surface area contributed by atoms with Crippen LogP contribution in [-0.4, -0.2) is 75.9 Å². The van der Waals surface area contributed by atoms with Crippen molar-refractivity contribution in [1.82, 2.24) is 24.5 Å². The number of hydrogen-bond acceptors (Lipinski definition) is 5. The minimum Gasteiger partial charge on any atom is -0.450 e. The third-order valence-electron chi connectivity index (χ3n) is 4.96. The van der Waals surface area contributed by atoms with Gasteiger partial charge in [-0.25, -0.2) is 9.78 Å². The van der Waals surface area contributed by atoms with Crippen molar-refractivity contribution < 1.29 is 19.1 Å². The standard InChI is InChI=1S/C19H23N5O4/c1-2-28-19(27)23-11-9-22(10-12-23)18(26)16-21-15(17(25)20-13-6-7-13)14-5-3-4-8-24(14)16/h3-5,8,13H,2,6-7,9-12H2,1H3,(H,20,25). The fourth-order valence-corrected chi connectivity index (χ4v) is 3.29. The molecule has 0 bridgehead atoms. The number of fused-ring (bicyclic) bond motifs is 1. The molecule has 0 atom stereocenters. The predicted octanol–water partition coefficient (Wildman–Crippen LogP) is 1.14. The van der Waals surface area contributed by atoms with Crippen molar-refractivity contribution >= 4 is 23.4 Å². The molecule has 1 saturated heterocycles. The highest BCUT2D eigenvalue weighted by atomic mass is 16.6. The molecule has 2 aromatic rings. The summed E-state index contributed by atoms with van der Waals surface area (Å²) in [5, 5.41) is 2.93. The van der Waals surface area contributed by atoms with Crippen molar-refractivity contribution in [3.63, 3.8) is 0 Å². The summed E-state index contributed by atoms with van der Waals surface area (Å²) >= 11 is 0. The van der Waals surface area contributed by atoms with Gasteiger partial charge >= 0.3 is 6.09 Å². The summed E-state index contributed by atoms with van der Waals surface area (Å²) in [5.74, 6) is -0.298. The van der Waals surface area contributed by atoms with E-state index in [2.05, 4.69) is 10.3 Å². The zero-order valence-corrected chi connectivity index (χ0v) is 15.8. The number of pyridine rings is 1. The van der Waals surface area contributed by atoms with Gasteiger partial charge in [0.25, 0.3) is 11.8 Å². The van der Waals surface area contributed by atoms with Crippen molar-refractivity contribution in [2.75, 3.05) is 32.8 Å². The van der Waals surface area contributed by atoms with Gasteiger partial charge in [-0.15, -0.1) is 0 Å². The maximum absolute atomic E-state index is 13.1. The van der Waals surface area contributed by atoms with Crippen LogP contribution < -0.4 is 5.32 Å². The molecular weight excluding hydrogens is 362 g/mol. The number of nitrogens with zero attached hydrogens (tertiary/aromatic N) is 4. The highest BCUT2D eigenvalue weighted by molar-refractivity contribution is 6.02. The highest BCUT2D eigenvalue weighted by Crippen LogP contribution is 2.21. The van der Waals surface area contributed by atoms with Gasteiger partial charge in [0.1, 0.15) is 0 Å². The minimum absolute atomic E-state index is 0.209. The normalized spacial score (nSPS) is 16.9. The van der Waals surface area contributed by atoms with E-state index in [1.54, 1.807) is 39.5 Å². The number of carbonyl (C=O) groups excluding carboxylic acids is 3. The van der Waals surface area contributed by atoms with Crippen molar-refractivity contribution in [2.45, 2.75) is 25.8 Å². The third kappa shape index (κ3) is 3.51. The third-order valence-corrected chi connectivity index (χ3v) is 4.96. The number of hydrogen-bond donors (Lipinski definition) is 1. The van der Waals surface area contributed by atoms with Gasteiger partial charge in [0.15, 0.2) is 5.69 Å². The molecule has 28 heavy (non-hydrogen) atoms. The molecule has 1 N–H and O–H groups in total. The Morgan fingerprint density at radius 2 is 1.86 bits per heavy atom. The lowest BCUT2D eigenvalue weighted by atomic mass is 10.3. The molecule has 0 radical (unpaired) electrons. The first-order valence-corrected chi connectivity index (χ1v) is 9.57. The summed E-state index contributed by atoms with van der Waals surface area (Å²) in [6.45, 7) is 3.68. The van der Waals surface area contributed by atoms with Gasteiger partial charge in [-0.3, -0.25) is 14.0 Å². The number of amides is 3. The molecule has 3 heterocycles. The van der Waals surface area contributed by atoms with Crippen LogP contribution >= 0.6 is 0 Å². The molecule has 9 heteroatoms. The van der Waals surface area contributed by atoms with E-state index in [9.17, 15) is 14.4 Å². The van der Waals surface area contributed by atoms with E-state index in [0.29, 0.717) is 38.3 Å². The lowest BCUT2D eigenvalue weighted by Crippen LogP contribution is -2.51. The van der Waals surface area contributed by atoms with Gasteiger partial charge in [0.05, 0.1) is 12.1 Å². The molecule has 1 aliphatic heterocycles. The highest BCUT2D eigenvalue weighted by Gasteiger charge is 2.31. The number of imidazole rings is 1. The van der Waals surface area contributed by atoms with Crippen LogP contribution in [0.4, 0.5) is 4.79 Å². The summed E-state index contributed by atoms with van der Waals surface area (Å²) in [6, 6.07) is 5.61. The first-order chi connectivity index (χ1) is 13.6. The second-order valence-electron chi connectivity index (χ2n) is 6.97. The monoisotopic (exact) mass is 385 g/mol. The molecule has 148 valence electrons. The molecule has 0 aromatic carbocycles. The van der Waals surface area contributed by atoms with E-state index in [1.807, 2.05) is 6.07 Å². The van der Waals surface area contributed by atoms with Crippen LogP contribution in [0.1, 0.15) is 40.9 Å². The van der Waals surface area contributed by atoms with Gasteiger partial charge in [0.2, 0.25) is 5.82 Å². The number of rotatable bonds is 4. The molecular formula is C19H23N5O4. The van der Waals surface area contributed by atoms with Crippen molar-refractivity contribution in [2.24, 2.45) is 0 Å². The Balaban J connectivity index is 1.53. The maximum Gasteiger partial charge on any atom is 0.409 e. The van der Waals surface area contributed by atoms with Crippen molar-refractivity contribution in [3.8, 4) is 0 Å². The van der Waals surface area contributed by atoms with Gasteiger partial charge in [0, 0.05) is 38.4 Å². The molecule has 2 aliphatic rings. The average Bonchev–Trinajstić information content (AvgIpc) is 3.44. The second-order valence-corrected chi connectivity index (χ2v) is 6.97. The Kier molecular flexibility index (Phi) is 4.89. The molecule has 0 unspecified atom stereocenters. The summed E-state index contributed by atoms with van der Waals surface area (Å²) in [4.78, 5) is 45.0. The molecule has 1 saturated carbocycles. The van der Waals surface area contributed by atoms with E-state index in [1.165, 1.54) is 0 Å². The smallest absolute Gasteiger partial charge is 0.409 e. The predicted molar refractivity (Wildman–Crippen MR) is 100 cm³/mol. The quantitative estimate of drug-likeness (QED) is 0.851. The molecule has 4 rings (SSSR count). The molecule has 9 nitrogen and oxygen atoms in total. The van der Waals surface area contributed by atoms with Crippen molar-refractivity contribution in [1.29, 1.82) is 0 Å².